The highest BCUT2D eigenvalue weighted by Gasteiger charge is 2.33. The molecule has 1 fully saturated rings. The molecule has 0 spiro atoms. The minimum absolute atomic E-state index is 0.123. The Morgan fingerprint density at radius 1 is 1.24 bits per heavy atom. The van der Waals surface area contributed by atoms with Crippen molar-refractivity contribution in [3.63, 3.8) is 0 Å². The number of hydrogen-bond acceptors (Lipinski definition) is 6. The number of amides is 1. The zero-order valence-electron chi connectivity index (χ0n) is 13.1. The van der Waals surface area contributed by atoms with Crippen molar-refractivity contribution in [1.82, 2.24) is 5.32 Å². The molecule has 0 radical (unpaired) electrons. The zero-order valence-corrected chi connectivity index (χ0v) is 14.7. The van der Waals surface area contributed by atoms with Crippen LogP contribution in [0.3, 0.4) is 0 Å². The summed E-state index contributed by atoms with van der Waals surface area (Å²) in [5, 5.41) is 2.70. The first-order valence-corrected chi connectivity index (χ1v) is 8.86. The number of carbonyl (C=O) groups is 2. The Morgan fingerprint density at radius 2 is 2.04 bits per heavy atom. The van der Waals surface area contributed by atoms with Crippen LogP contribution in [0.5, 0.6) is 0 Å². The van der Waals surface area contributed by atoms with Crippen molar-refractivity contribution >= 4 is 35.0 Å². The highest BCUT2D eigenvalue weighted by molar-refractivity contribution is 7.17. The average Bonchev–Trinajstić information content (AvgIpc) is 3.23. The van der Waals surface area contributed by atoms with E-state index in [1.807, 2.05) is 30.3 Å². The van der Waals surface area contributed by atoms with Crippen molar-refractivity contribution in [1.29, 1.82) is 0 Å². The molecule has 1 aromatic carbocycles. The number of benzene rings is 1. The molecule has 25 heavy (non-hydrogen) atoms. The summed E-state index contributed by atoms with van der Waals surface area (Å²) in [4.78, 5) is 24.5. The molecule has 0 aliphatic carbocycles. The quantitative estimate of drug-likeness (QED) is 0.801. The molecule has 2 aromatic rings. The van der Waals surface area contributed by atoms with E-state index in [9.17, 15) is 9.59 Å². The summed E-state index contributed by atoms with van der Waals surface area (Å²) >= 11 is 6.99. The Hall–Kier alpha value is -2.09. The molecule has 2 atom stereocenters. The summed E-state index contributed by atoms with van der Waals surface area (Å²) in [6.45, 7) is 0.505. The minimum Gasteiger partial charge on any atom is -0.429 e. The third-order valence-corrected chi connectivity index (χ3v) is 4.78. The number of rotatable bonds is 5. The predicted octanol–water partition coefficient (Wildman–Crippen LogP) is 3.60. The molecule has 1 unspecified atom stereocenters. The second-order valence-electron chi connectivity index (χ2n) is 5.34. The Kier molecular flexibility index (Phi) is 5.91. The lowest BCUT2D eigenvalue weighted by atomic mass is 10.2. The first kappa shape index (κ1) is 17.7. The molecule has 3 rings (SSSR count). The van der Waals surface area contributed by atoms with Gasteiger partial charge in [-0.05, 0) is 17.7 Å². The zero-order chi connectivity index (χ0) is 17.6. The highest BCUT2D eigenvalue weighted by Crippen LogP contribution is 2.22. The molecule has 1 amide bonds. The van der Waals surface area contributed by atoms with Gasteiger partial charge >= 0.3 is 6.16 Å². The topological polar surface area (TPSA) is 73.9 Å². The van der Waals surface area contributed by atoms with Crippen molar-refractivity contribution in [3.8, 4) is 0 Å². The molecule has 0 saturated carbocycles. The molecule has 132 valence electrons. The maximum absolute atomic E-state index is 12.1. The van der Waals surface area contributed by atoms with Gasteiger partial charge < -0.3 is 19.5 Å². The van der Waals surface area contributed by atoms with Crippen LogP contribution >= 0.6 is 22.9 Å². The second kappa shape index (κ2) is 8.33. The van der Waals surface area contributed by atoms with Gasteiger partial charge in [0.05, 0.1) is 15.8 Å². The first-order valence-electron chi connectivity index (χ1n) is 7.67. The van der Waals surface area contributed by atoms with Crippen LogP contribution in [0.2, 0.25) is 4.34 Å². The molecule has 1 N–H and O–H groups in total. The van der Waals surface area contributed by atoms with Crippen LogP contribution in [0, 0.1) is 0 Å². The van der Waals surface area contributed by atoms with E-state index in [2.05, 4.69) is 5.32 Å². The van der Waals surface area contributed by atoms with Crippen molar-refractivity contribution in [2.45, 2.75) is 25.4 Å². The van der Waals surface area contributed by atoms with Crippen LogP contribution in [-0.2, 0) is 20.8 Å². The van der Waals surface area contributed by atoms with E-state index in [0.29, 0.717) is 22.2 Å². The van der Waals surface area contributed by atoms with Crippen molar-refractivity contribution < 1.29 is 23.8 Å². The third-order valence-electron chi connectivity index (χ3n) is 3.55. The van der Waals surface area contributed by atoms with Gasteiger partial charge in [0.2, 0.25) is 0 Å². The SMILES string of the molecule is O=C(OCc1ccccc1)O[C@@H]1CCOC1NC(=O)c1ccc(Cl)s1. The lowest BCUT2D eigenvalue weighted by molar-refractivity contribution is -0.0229. The number of nitrogens with one attached hydrogen (secondary N) is 1. The number of halogens is 1. The Labute approximate surface area is 153 Å². The van der Waals surface area contributed by atoms with E-state index in [0.717, 1.165) is 5.56 Å². The lowest BCUT2D eigenvalue weighted by Gasteiger charge is -2.19. The van der Waals surface area contributed by atoms with E-state index in [1.54, 1.807) is 12.1 Å². The molecular weight excluding hydrogens is 366 g/mol. The maximum Gasteiger partial charge on any atom is 0.509 e. The molecular formula is C17H16ClNO5S. The summed E-state index contributed by atoms with van der Waals surface area (Å²) in [5.41, 5.74) is 0.863. The van der Waals surface area contributed by atoms with Gasteiger partial charge in [-0.15, -0.1) is 11.3 Å². The van der Waals surface area contributed by atoms with Crippen LogP contribution in [0.4, 0.5) is 4.79 Å². The fourth-order valence-corrected chi connectivity index (χ4v) is 3.28. The van der Waals surface area contributed by atoms with Crippen LogP contribution < -0.4 is 5.32 Å². The Balaban J connectivity index is 1.49. The van der Waals surface area contributed by atoms with E-state index in [1.165, 1.54) is 11.3 Å². The lowest BCUT2D eigenvalue weighted by Crippen LogP contribution is -2.42. The normalized spacial score (nSPS) is 19.4. The standard InChI is InChI=1S/C17H16ClNO5S/c18-14-7-6-13(25-14)15(20)19-16-12(8-9-22-16)24-17(21)23-10-11-4-2-1-3-5-11/h1-7,12,16H,8-10H2,(H,19,20)/t12-,16?/m1/s1. The Morgan fingerprint density at radius 3 is 2.76 bits per heavy atom. The molecule has 2 heterocycles. The summed E-state index contributed by atoms with van der Waals surface area (Å²) < 4.78 is 16.3. The molecule has 1 aliphatic heterocycles. The van der Waals surface area contributed by atoms with Gasteiger partial charge in [0, 0.05) is 6.42 Å². The number of carbonyl (C=O) groups excluding carboxylic acids is 2. The summed E-state index contributed by atoms with van der Waals surface area (Å²) in [6.07, 6.45) is -1.62. The van der Waals surface area contributed by atoms with Gasteiger partial charge in [-0.25, -0.2) is 4.79 Å². The Bertz CT molecular complexity index is 736. The van der Waals surface area contributed by atoms with Crippen LogP contribution in [0.15, 0.2) is 42.5 Å². The molecule has 0 bridgehead atoms. The summed E-state index contributed by atoms with van der Waals surface area (Å²) in [6, 6.07) is 12.6. The smallest absolute Gasteiger partial charge is 0.429 e. The largest absolute Gasteiger partial charge is 0.509 e. The van der Waals surface area contributed by atoms with Crippen molar-refractivity contribution in [3.05, 3.63) is 57.2 Å². The molecule has 1 saturated heterocycles. The highest BCUT2D eigenvalue weighted by atomic mass is 35.5. The van der Waals surface area contributed by atoms with Gasteiger partial charge in [0.15, 0.2) is 12.3 Å². The van der Waals surface area contributed by atoms with Gasteiger partial charge in [0.25, 0.3) is 5.91 Å². The van der Waals surface area contributed by atoms with Gasteiger partial charge in [-0.3, -0.25) is 4.79 Å². The molecule has 1 aliphatic rings. The fraction of sp³-hybridized carbons (Fsp3) is 0.294. The van der Waals surface area contributed by atoms with Crippen LogP contribution in [0.25, 0.3) is 0 Å². The maximum atomic E-state index is 12.1. The van der Waals surface area contributed by atoms with Gasteiger partial charge in [-0.2, -0.15) is 0 Å². The van der Waals surface area contributed by atoms with E-state index < -0.39 is 18.5 Å². The van der Waals surface area contributed by atoms with Crippen LogP contribution in [-0.4, -0.2) is 31.0 Å². The van der Waals surface area contributed by atoms with E-state index >= 15 is 0 Å². The minimum atomic E-state index is -0.794. The third kappa shape index (κ3) is 4.94. The van der Waals surface area contributed by atoms with Gasteiger partial charge in [-0.1, -0.05) is 41.9 Å². The average molecular weight is 382 g/mol. The first-order chi connectivity index (χ1) is 12.1. The van der Waals surface area contributed by atoms with E-state index in [4.69, 9.17) is 25.8 Å². The second-order valence-corrected chi connectivity index (χ2v) is 7.05. The van der Waals surface area contributed by atoms with Crippen molar-refractivity contribution in [2.75, 3.05) is 6.61 Å². The number of hydrogen-bond donors (Lipinski definition) is 1. The summed E-state index contributed by atoms with van der Waals surface area (Å²) in [5.74, 6) is -0.324. The number of thiophene rings is 1. The molecule has 1 aromatic heterocycles. The predicted molar refractivity (Wildman–Crippen MR) is 92.7 cm³/mol. The monoisotopic (exact) mass is 381 g/mol. The molecule has 8 heteroatoms. The fourth-order valence-electron chi connectivity index (χ4n) is 2.34. The van der Waals surface area contributed by atoms with Gasteiger partial charge in [0.1, 0.15) is 6.61 Å². The molecule has 6 nitrogen and oxygen atoms in total. The number of ether oxygens (including phenoxy) is 3. The summed E-state index contributed by atoms with van der Waals surface area (Å²) in [7, 11) is 0. The van der Waals surface area contributed by atoms with Crippen LogP contribution in [0.1, 0.15) is 21.7 Å². The van der Waals surface area contributed by atoms with E-state index in [-0.39, 0.29) is 12.5 Å². The van der Waals surface area contributed by atoms with Crippen molar-refractivity contribution in [2.24, 2.45) is 0 Å².